The normalized spacial score (nSPS) is 11.6. The highest BCUT2D eigenvalue weighted by Gasteiger charge is 2.13. The molecule has 1 unspecified atom stereocenters. The number of methoxy groups -OCH3 is 2. The van der Waals surface area contributed by atoms with Gasteiger partial charge in [-0.2, -0.15) is 0 Å². The lowest BCUT2D eigenvalue weighted by molar-refractivity contribution is 0.0937. The number of anilines is 1. The number of thiophene rings is 1. The van der Waals surface area contributed by atoms with Crippen LogP contribution >= 0.6 is 24.0 Å². The van der Waals surface area contributed by atoms with E-state index in [1.807, 2.05) is 17.5 Å². The zero-order valence-electron chi connectivity index (χ0n) is 12.1. The van der Waals surface area contributed by atoms with Crippen molar-refractivity contribution in [3.05, 3.63) is 40.6 Å². The van der Waals surface area contributed by atoms with Crippen LogP contribution in [0.1, 0.15) is 9.67 Å². The Hall–Kier alpha value is -1.90. The number of para-hydroxylation sites is 1. The maximum atomic E-state index is 11.8. The monoisotopic (exact) mass is 339 g/mol. The predicted octanol–water partition coefficient (Wildman–Crippen LogP) is 2.33. The first-order chi connectivity index (χ1) is 10.7. The summed E-state index contributed by atoms with van der Waals surface area (Å²) in [5.74, 6) is 1.01. The van der Waals surface area contributed by atoms with Crippen molar-refractivity contribution in [2.24, 2.45) is 0 Å². The molecule has 0 fully saturated rings. The van der Waals surface area contributed by atoms with Gasteiger partial charge in [-0.3, -0.25) is 10.2 Å². The van der Waals surface area contributed by atoms with Crippen LogP contribution in [-0.2, 0) is 0 Å². The summed E-state index contributed by atoms with van der Waals surface area (Å²) >= 11 is 5.70. The van der Waals surface area contributed by atoms with Crippen LogP contribution in [0.3, 0.4) is 0 Å². The highest BCUT2D eigenvalue weighted by molar-refractivity contribution is 7.81. The minimum atomic E-state index is -0.533. The van der Waals surface area contributed by atoms with Crippen molar-refractivity contribution in [2.45, 2.75) is 5.50 Å². The number of benzene rings is 1. The Morgan fingerprint density at radius 1 is 1.18 bits per heavy atom. The van der Waals surface area contributed by atoms with Crippen molar-refractivity contribution in [1.29, 1.82) is 0 Å². The Morgan fingerprint density at radius 3 is 2.41 bits per heavy atom. The first kappa shape index (κ1) is 16.5. The van der Waals surface area contributed by atoms with Crippen LogP contribution < -0.4 is 25.6 Å². The second-order valence-electron chi connectivity index (χ2n) is 4.16. The number of ether oxygens (including phenoxy) is 2. The molecule has 1 aromatic carbocycles. The Balaban J connectivity index is 1.97. The van der Waals surface area contributed by atoms with Gasteiger partial charge < -0.3 is 14.8 Å². The Kier molecular flexibility index (Phi) is 5.93. The lowest BCUT2D eigenvalue weighted by Gasteiger charge is -2.20. The molecule has 0 radical (unpaired) electrons. The summed E-state index contributed by atoms with van der Waals surface area (Å²) in [6, 6.07) is 8.98. The number of hydrogen-bond donors (Lipinski definition) is 4. The molecule has 22 heavy (non-hydrogen) atoms. The molecule has 1 aromatic heterocycles. The second-order valence-corrected chi connectivity index (χ2v) is 5.62. The number of hydrogen-bond acceptors (Lipinski definition) is 7. The molecule has 8 heteroatoms. The van der Waals surface area contributed by atoms with E-state index in [0.29, 0.717) is 22.1 Å². The van der Waals surface area contributed by atoms with Gasteiger partial charge in [0.25, 0.3) is 5.91 Å². The quantitative estimate of drug-likeness (QED) is 0.354. The fourth-order valence-corrected chi connectivity index (χ4v) is 2.58. The summed E-state index contributed by atoms with van der Waals surface area (Å²) in [4.78, 5) is 12.4. The molecular formula is C14H17N3O3S2. The number of amides is 1. The molecule has 2 rings (SSSR count). The highest BCUT2D eigenvalue weighted by Crippen LogP contribution is 2.34. The van der Waals surface area contributed by atoms with Crippen molar-refractivity contribution < 1.29 is 14.3 Å². The number of rotatable bonds is 7. The van der Waals surface area contributed by atoms with E-state index in [0.717, 1.165) is 0 Å². The lowest BCUT2D eigenvalue weighted by atomic mass is 10.2. The van der Waals surface area contributed by atoms with E-state index in [1.165, 1.54) is 11.3 Å². The van der Waals surface area contributed by atoms with Crippen molar-refractivity contribution in [1.82, 2.24) is 10.9 Å². The van der Waals surface area contributed by atoms with Crippen LogP contribution in [0.5, 0.6) is 11.5 Å². The molecule has 0 aliphatic heterocycles. The molecule has 6 nitrogen and oxygen atoms in total. The highest BCUT2D eigenvalue weighted by atomic mass is 32.1. The summed E-state index contributed by atoms with van der Waals surface area (Å²) in [5.41, 5.74) is 5.46. The summed E-state index contributed by atoms with van der Waals surface area (Å²) in [7, 11) is 3.14. The summed E-state index contributed by atoms with van der Waals surface area (Å²) in [6.45, 7) is 0. The van der Waals surface area contributed by atoms with Gasteiger partial charge in [0.05, 0.1) is 19.1 Å². The van der Waals surface area contributed by atoms with Crippen molar-refractivity contribution in [2.75, 3.05) is 19.5 Å². The van der Waals surface area contributed by atoms with Crippen LogP contribution in [0.2, 0.25) is 0 Å². The Labute approximate surface area is 138 Å². The van der Waals surface area contributed by atoms with Gasteiger partial charge in [0.15, 0.2) is 0 Å². The number of hydrazine groups is 1. The van der Waals surface area contributed by atoms with Crippen LogP contribution in [0, 0.1) is 0 Å². The first-order valence-electron chi connectivity index (χ1n) is 6.40. The maximum absolute atomic E-state index is 11.8. The van der Waals surface area contributed by atoms with Crippen molar-refractivity contribution in [3.8, 4) is 11.5 Å². The first-order valence-corrected chi connectivity index (χ1v) is 7.80. The third kappa shape index (κ3) is 4.06. The molecule has 0 saturated carbocycles. The third-order valence-corrected chi connectivity index (χ3v) is 3.90. The smallest absolute Gasteiger partial charge is 0.275 e. The standard InChI is InChI=1S/C14H17N3O3S2/c1-19-9-5-3-6-10(20-2)12(9)15-14(21)17-16-13(18)11-7-4-8-22-11/h3-8,14-15,17,21H,1-2H3,(H,16,18). The summed E-state index contributed by atoms with van der Waals surface area (Å²) in [5, 5.41) is 4.91. The van der Waals surface area contributed by atoms with Crippen LogP contribution in [0.15, 0.2) is 35.7 Å². The topological polar surface area (TPSA) is 71.6 Å². The zero-order valence-corrected chi connectivity index (χ0v) is 13.8. The largest absolute Gasteiger partial charge is 0.494 e. The Morgan fingerprint density at radius 2 is 1.86 bits per heavy atom. The number of thiol groups is 1. The van der Waals surface area contributed by atoms with E-state index in [1.54, 1.807) is 32.4 Å². The number of carbonyl (C=O) groups excluding carboxylic acids is 1. The SMILES string of the molecule is COc1cccc(OC)c1NC(S)NNC(=O)c1cccs1. The van der Waals surface area contributed by atoms with Gasteiger partial charge in [0.1, 0.15) is 22.7 Å². The molecular weight excluding hydrogens is 322 g/mol. The molecule has 2 aromatic rings. The minimum absolute atomic E-state index is 0.220. The van der Waals surface area contributed by atoms with Gasteiger partial charge in [-0.15, -0.1) is 24.0 Å². The Bertz CT molecular complexity index is 598. The fraction of sp³-hybridized carbons (Fsp3) is 0.214. The van der Waals surface area contributed by atoms with E-state index < -0.39 is 5.50 Å². The maximum Gasteiger partial charge on any atom is 0.275 e. The van der Waals surface area contributed by atoms with Crippen LogP contribution in [-0.4, -0.2) is 25.6 Å². The van der Waals surface area contributed by atoms with Gasteiger partial charge in [-0.1, -0.05) is 12.1 Å². The fourth-order valence-electron chi connectivity index (χ4n) is 1.77. The number of carbonyl (C=O) groups is 1. The van der Waals surface area contributed by atoms with Crippen LogP contribution in [0.4, 0.5) is 5.69 Å². The molecule has 0 spiro atoms. The second kappa shape index (κ2) is 7.92. The molecule has 0 aliphatic carbocycles. The van der Waals surface area contributed by atoms with Crippen molar-refractivity contribution in [3.63, 3.8) is 0 Å². The summed E-state index contributed by atoms with van der Waals surface area (Å²) in [6.07, 6.45) is 0. The van der Waals surface area contributed by atoms with Gasteiger partial charge in [0.2, 0.25) is 0 Å². The van der Waals surface area contributed by atoms with E-state index in [4.69, 9.17) is 9.47 Å². The minimum Gasteiger partial charge on any atom is -0.494 e. The van der Waals surface area contributed by atoms with E-state index in [9.17, 15) is 4.79 Å². The van der Waals surface area contributed by atoms with Crippen LogP contribution in [0.25, 0.3) is 0 Å². The molecule has 1 amide bonds. The van der Waals surface area contributed by atoms with E-state index >= 15 is 0 Å². The average molecular weight is 339 g/mol. The molecule has 118 valence electrons. The molecule has 1 atom stereocenters. The van der Waals surface area contributed by atoms with E-state index in [2.05, 4.69) is 28.8 Å². The van der Waals surface area contributed by atoms with Gasteiger partial charge in [-0.05, 0) is 23.6 Å². The van der Waals surface area contributed by atoms with Gasteiger partial charge >= 0.3 is 0 Å². The van der Waals surface area contributed by atoms with Crippen molar-refractivity contribution >= 4 is 35.6 Å². The average Bonchev–Trinajstić information content (AvgIpc) is 3.07. The zero-order chi connectivity index (χ0) is 15.9. The molecule has 0 aliphatic rings. The van der Waals surface area contributed by atoms with Gasteiger partial charge in [0, 0.05) is 0 Å². The molecule has 0 bridgehead atoms. The van der Waals surface area contributed by atoms with E-state index in [-0.39, 0.29) is 5.91 Å². The molecule has 3 N–H and O–H groups in total. The molecule has 1 heterocycles. The molecule has 0 saturated heterocycles. The lowest BCUT2D eigenvalue weighted by Crippen LogP contribution is -2.45. The third-order valence-electron chi connectivity index (χ3n) is 2.78. The number of nitrogens with one attached hydrogen (secondary N) is 3. The summed E-state index contributed by atoms with van der Waals surface area (Å²) < 4.78 is 10.6. The van der Waals surface area contributed by atoms with Gasteiger partial charge in [-0.25, -0.2) is 5.43 Å². The predicted molar refractivity (Wildman–Crippen MR) is 90.9 cm³/mol.